The van der Waals surface area contributed by atoms with Crippen molar-refractivity contribution in [3.05, 3.63) is 53.3 Å². The van der Waals surface area contributed by atoms with Crippen LogP contribution in [-0.4, -0.2) is 31.2 Å². The molecule has 4 atom stereocenters. The van der Waals surface area contributed by atoms with Crippen molar-refractivity contribution in [2.45, 2.75) is 44.6 Å². The van der Waals surface area contributed by atoms with Gasteiger partial charge in [0.2, 0.25) is 0 Å². The van der Waals surface area contributed by atoms with E-state index in [0.29, 0.717) is 23.3 Å². The highest BCUT2D eigenvalue weighted by atomic mass is 16.5. The van der Waals surface area contributed by atoms with E-state index in [0.717, 1.165) is 17.2 Å². The molecule has 2 aromatic rings. The van der Waals surface area contributed by atoms with Gasteiger partial charge in [0, 0.05) is 23.9 Å². The predicted molar refractivity (Wildman–Crippen MR) is 108 cm³/mol. The first-order valence-corrected chi connectivity index (χ1v) is 10.1. The van der Waals surface area contributed by atoms with E-state index in [1.165, 1.54) is 31.2 Å². The summed E-state index contributed by atoms with van der Waals surface area (Å²) in [5.41, 5.74) is 2.64. The van der Waals surface area contributed by atoms with Crippen molar-refractivity contribution in [3.63, 3.8) is 0 Å². The Bertz CT molecular complexity index is 867. The number of carbonyl (C=O) groups is 1. The Labute approximate surface area is 166 Å². The monoisotopic (exact) mass is 380 g/mol. The summed E-state index contributed by atoms with van der Waals surface area (Å²) in [6.45, 7) is 1.88. The molecule has 0 unspecified atom stereocenters. The fraction of sp³-hybridized carbons (Fsp3) is 0.478. The van der Waals surface area contributed by atoms with E-state index < -0.39 is 0 Å². The van der Waals surface area contributed by atoms with E-state index in [-0.39, 0.29) is 11.9 Å². The number of rotatable bonds is 5. The standard InChI is InChI=1S/C23H28N2O3/c1-14-16(9-6-12-24-14)23(26)25-22-18-8-5-4-7-17(18)21(22)15-10-11-19(27-2)20(13-15)28-3/h6,9-13,17-18,21-22H,4-5,7-8H2,1-3H3,(H,25,26)/t17-,18-,21+,22+/m1/s1. The molecule has 28 heavy (non-hydrogen) atoms. The van der Waals surface area contributed by atoms with Crippen LogP contribution in [0.1, 0.15) is 53.2 Å². The van der Waals surface area contributed by atoms with Gasteiger partial charge in [-0.15, -0.1) is 0 Å². The van der Waals surface area contributed by atoms with Crippen LogP contribution >= 0.6 is 0 Å². The molecule has 1 heterocycles. The normalized spacial score (nSPS) is 26.0. The SMILES string of the molecule is COc1ccc([C@H]2[C@@H]3CCCC[C@H]3[C@@H]2NC(=O)c2cccnc2C)cc1OC. The third kappa shape index (κ3) is 3.23. The molecule has 0 bridgehead atoms. The van der Waals surface area contributed by atoms with Gasteiger partial charge in [-0.3, -0.25) is 9.78 Å². The quantitative estimate of drug-likeness (QED) is 0.848. The molecule has 1 aromatic carbocycles. The summed E-state index contributed by atoms with van der Waals surface area (Å²) in [5, 5.41) is 3.34. The van der Waals surface area contributed by atoms with Gasteiger partial charge in [0.15, 0.2) is 11.5 Å². The van der Waals surface area contributed by atoms with Crippen LogP contribution in [0.25, 0.3) is 0 Å². The number of aromatic nitrogens is 1. The fourth-order valence-electron chi connectivity index (χ4n) is 5.13. The third-order valence-corrected chi connectivity index (χ3v) is 6.53. The van der Waals surface area contributed by atoms with Crippen LogP contribution in [0.3, 0.4) is 0 Å². The van der Waals surface area contributed by atoms with E-state index in [1.54, 1.807) is 20.4 Å². The lowest BCUT2D eigenvalue weighted by atomic mass is 9.53. The number of methoxy groups -OCH3 is 2. The average Bonchev–Trinajstić information content (AvgIpc) is 2.72. The van der Waals surface area contributed by atoms with E-state index in [1.807, 2.05) is 25.1 Å². The summed E-state index contributed by atoms with van der Waals surface area (Å²) < 4.78 is 10.9. The number of amides is 1. The Morgan fingerprint density at radius 3 is 2.54 bits per heavy atom. The van der Waals surface area contributed by atoms with Crippen molar-refractivity contribution < 1.29 is 14.3 Å². The van der Waals surface area contributed by atoms with Crippen LogP contribution in [0.5, 0.6) is 11.5 Å². The zero-order chi connectivity index (χ0) is 19.7. The summed E-state index contributed by atoms with van der Waals surface area (Å²) in [5.74, 6) is 2.93. The molecule has 0 spiro atoms. The van der Waals surface area contributed by atoms with Crippen molar-refractivity contribution >= 4 is 5.91 Å². The van der Waals surface area contributed by atoms with Crippen LogP contribution < -0.4 is 14.8 Å². The van der Waals surface area contributed by atoms with Gasteiger partial charge in [0.1, 0.15) is 0 Å². The minimum Gasteiger partial charge on any atom is -0.493 e. The maximum atomic E-state index is 12.9. The topological polar surface area (TPSA) is 60.5 Å². The Morgan fingerprint density at radius 2 is 1.82 bits per heavy atom. The van der Waals surface area contributed by atoms with Gasteiger partial charge in [0.05, 0.1) is 19.8 Å². The highest BCUT2D eigenvalue weighted by Crippen LogP contribution is 2.55. The molecule has 2 saturated carbocycles. The first-order valence-electron chi connectivity index (χ1n) is 10.1. The summed E-state index contributed by atoms with van der Waals surface area (Å²) in [7, 11) is 3.31. The summed E-state index contributed by atoms with van der Waals surface area (Å²) in [6, 6.07) is 9.97. The Balaban J connectivity index is 1.61. The molecule has 2 aliphatic rings. The molecule has 0 radical (unpaired) electrons. The zero-order valence-corrected chi connectivity index (χ0v) is 16.8. The van der Waals surface area contributed by atoms with Crippen LogP contribution in [0.2, 0.25) is 0 Å². The second kappa shape index (κ2) is 7.82. The molecular weight excluding hydrogens is 352 g/mol. The number of ether oxygens (including phenoxy) is 2. The maximum absolute atomic E-state index is 12.9. The number of fused-ring (bicyclic) bond motifs is 1. The highest BCUT2D eigenvalue weighted by Gasteiger charge is 2.52. The van der Waals surface area contributed by atoms with Crippen LogP contribution in [0.4, 0.5) is 0 Å². The number of nitrogens with zero attached hydrogens (tertiary/aromatic N) is 1. The molecule has 5 heteroatoms. The molecule has 2 aliphatic carbocycles. The number of pyridine rings is 1. The molecular formula is C23H28N2O3. The molecule has 1 amide bonds. The summed E-state index contributed by atoms with van der Waals surface area (Å²) >= 11 is 0. The smallest absolute Gasteiger partial charge is 0.253 e. The molecule has 5 nitrogen and oxygen atoms in total. The number of carbonyl (C=O) groups excluding carboxylic acids is 1. The highest BCUT2D eigenvalue weighted by molar-refractivity contribution is 5.95. The molecule has 4 rings (SSSR count). The minimum atomic E-state index is -0.0231. The van der Waals surface area contributed by atoms with Crippen LogP contribution in [-0.2, 0) is 0 Å². The van der Waals surface area contributed by atoms with E-state index in [2.05, 4.69) is 22.4 Å². The Morgan fingerprint density at radius 1 is 1.07 bits per heavy atom. The van der Waals surface area contributed by atoms with Crippen molar-refractivity contribution in [1.29, 1.82) is 0 Å². The van der Waals surface area contributed by atoms with Gasteiger partial charge < -0.3 is 14.8 Å². The number of hydrogen-bond acceptors (Lipinski definition) is 4. The van der Waals surface area contributed by atoms with Gasteiger partial charge >= 0.3 is 0 Å². The average molecular weight is 380 g/mol. The van der Waals surface area contributed by atoms with Crippen LogP contribution in [0, 0.1) is 18.8 Å². The number of benzene rings is 1. The maximum Gasteiger partial charge on any atom is 0.253 e. The second-order valence-corrected chi connectivity index (χ2v) is 7.89. The molecule has 1 aromatic heterocycles. The van der Waals surface area contributed by atoms with Crippen molar-refractivity contribution in [3.8, 4) is 11.5 Å². The van der Waals surface area contributed by atoms with Crippen molar-refractivity contribution in [1.82, 2.24) is 10.3 Å². The molecule has 0 aliphatic heterocycles. The van der Waals surface area contributed by atoms with E-state index in [9.17, 15) is 4.79 Å². The van der Waals surface area contributed by atoms with E-state index in [4.69, 9.17) is 9.47 Å². The molecule has 148 valence electrons. The first kappa shape index (κ1) is 18.8. The van der Waals surface area contributed by atoms with Gasteiger partial charge in [-0.2, -0.15) is 0 Å². The lowest BCUT2D eigenvalue weighted by molar-refractivity contribution is 0.0250. The lowest BCUT2D eigenvalue weighted by Gasteiger charge is -2.55. The second-order valence-electron chi connectivity index (χ2n) is 7.89. The van der Waals surface area contributed by atoms with Crippen molar-refractivity contribution in [2.75, 3.05) is 14.2 Å². The molecule has 2 fully saturated rings. The zero-order valence-electron chi connectivity index (χ0n) is 16.8. The van der Waals surface area contributed by atoms with Gasteiger partial charge in [-0.05, 0) is 61.4 Å². The number of hydrogen-bond donors (Lipinski definition) is 1. The predicted octanol–water partition coefficient (Wildman–Crippen LogP) is 4.11. The molecule has 0 saturated heterocycles. The summed E-state index contributed by atoms with van der Waals surface area (Å²) in [4.78, 5) is 17.2. The van der Waals surface area contributed by atoms with Gasteiger partial charge in [0.25, 0.3) is 5.91 Å². The minimum absolute atomic E-state index is 0.0231. The molecule has 1 N–H and O–H groups in total. The number of aryl methyl sites for hydroxylation is 1. The number of nitrogens with one attached hydrogen (secondary N) is 1. The lowest BCUT2D eigenvalue weighted by Crippen LogP contribution is -2.59. The largest absolute Gasteiger partial charge is 0.493 e. The van der Waals surface area contributed by atoms with E-state index >= 15 is 0 Å². The van der Waals surface area contributed by atoms with Crippen molar-refractivity contribution in [2.24, 2.45) is 11.8 Å². The fourth-order valence-corrected chi connectivity index (χ4v) is 5.13. The summed E-state index contributed by atoms with van der Waals surface area (Å²) in [6.07, 6.45) is 6.65. The van der Waals surface area contributed by atoms with Gasteiger partial charge in [-0.1, -0.05) is 18.9 Å². The third-order valence-electron chi connectivity index (χ3n) is 6.53. The van der Waals surface area contributed by atoms with Gasteiger partial charge in [-0.25, -0.2) is 0 Å². The Hall–Kier alpha value is -2.56. The Kier molecular flexibility index (Phi) is 5.25. The first-order chi connectivity index (χ1) is 13.6. The van der Waals surface area contributed by atoms with Crippen LogP contribution in [0.15, 0.2) is 36.5 Å².